The van der Waals surface area contributed by atoms with Crippen molar-refractivity contribution in [3.05, 3.63) is 18.3 Å². The van der Waals surface area contributed by atoms with Gasteiger partial charge in [0.15, 0.2) is 0 Å². The molecule has 0 radical (unpaired) electrons. The topological polar surface area (TPSA) is 43.4 Å². The van der Waals surface area contributed by atoms with Gasteiger partial charge in [0.05, 0.1) is 18.4 Å². The second kappa shape index (κ2) is 6.22. The van der Waals surface area contributed by atoms with Crippen LogP contribution in [0, 0.1) is 5.41 Å². The summed E-state index contributed by atoms with van der Waals surface area (Å²) in [7, 11) is 0. The first-order valence-electron chi connectivity index (χ1n) is 8.26. The van der Waals surface area contributed by atoms with Crippen molar-refractivity contribution >= 4 is 5.69 Å². The first-order valence-corrected chi connectivity index (χ1v) is 8.26. The van der Waals surface area contributed by atoms with Crippen molar-refractivity contribution in [1.82, 2.24) is 4.98 Å². The largest absolute Gasteiger partial charge is 0.476 e. The minimum atomic E-state index is 0.329. The molecule has 1 N–H and O–H groups in total. The van der Waals surface area contributed by atoms with Crippen molar-refractivity contribution in [3.63, 3.8) is 0 Å². The number of aromatic nitrogens is 1. The number of hydrogen-bond donors (Lipinski definition) is 1. The fraction of sp³-hybridized carbons (Fsp3) is 0.706. The highest BCUT2D eigenvalue weighted by molar-refractivity contribution is 5.53. The second-order valence-electron chi connectivity index (χ2n) is 6.11. The molecule has 2 unspecified atom stereocenters. The highest BCUT2D eigenvalue weighted by Gasteiger charge is 2.56. The molecule has 0 saturated heterocycles. The van der Waals surface area contributed by atoms with Crippen LogP contribution in [0.5, 0.6) is 5.88 Å². The Labute approximate surface area is 127 Å². The van der Waals surface area contributed by atoms with Crippen LogP contribution in [0.25, 0.3) is 0 Å². The van der Waals surface area contributed by atoms with Gasteiger partial charge in [-0.2, -0.15) is 0 Å². The van der Waals surface area contributed by atoms with Crippen molar-refractivity contribution in [2.45, 2.75) is 58.1 Å². The quantitative estimate of drug-likeness (QED) is 0.869. The van der Waals surface area contributed by atoms with Crippen molar-refractivity contribution in [1.29, 1.82) is 0 Å². The molecule has 2 atom stereocenters. The molecule has 3 rings (SSSR count). The highest BCUT2D eigenvalue weighted by Crippen LogP contribution is 2.55. The maximum absolute atomic E-state index is 5.97. The van der Waals surface area contributed by atoms with Gasteiger partial charge in [0.25, 0.3) is 0 Å². The SMILES string of the molecule is CCOc1ncccc1NC1CC(OCC)C12CCCC2. The molecule has 2 fully saturated rings. The third-order valence-corrected chi connectivity index (χ3v) is 5.07. The maximum atomic E-state index is 5.97. The van der Waals surface area contributed by atoms with Gasteiger partial charge < -0.3 is 14.8 Å². The predicted molar refractivity (Wildman–Crippen MR) is 83.7 cm³/mol. The predicted octanol–water partition coefficient (Wildman–Crippen LogP) is 3.63. The summed E-state index contributed by atoms with van der Waals surface area (Å²) < 4.78 is 11.6. The standard InChI is InChI=1S/C17H26N2O2/c1-3-20-15-12-14(17(15)9-5-6-10-17)19-13-8-7-11-18-16(13)21-4-2/h7-8,11,14-15,19H,3-6,9-10,12H2,1-2H3. The van der Waals surface area contributed by atoms with Gasteiger partial charge in [0.1, 0.15) is 0 Å². The van der Waals surface area contributed by atoms with Crippen LogP contribution in [0.15, 0.2) is 18.3 Å². The van der Waals surface area contributed by atoms with E-state index in [1.165, 1.54) is 25.7 Å². The van der Waals surface area contributed by atoms with Crippen LogP contribution < -0.4 is 10.1 Å². The minimum absolute atomic E-state index is 0.329. The van der Waals surface area contributed by atoms with Gasteiger partial charge in [0.2, 0.25) is 5.88 Å². The van der Waals surface area contributed by atoms with E-state index in [4.69, 9.17) is 9.47 Å². The zero-order chi connectivity index (χ0) is 14.7. The number of nitrogens with zero attached hydrogens (tertiary/aromatic N) is 1. The third kappa shape index (κ3) is 2.61. The first-order chi connectivity index (χ1) is 10.3. The molecule has 2 saturated carbocycles. The van der Waals surface area contributed by atoms with E-state index in [1.807, 2.05) is 13.0 Å². The molecule has 1 aromatic rings. The van der Waals surface area contributed by atoms with Gasteiger partial charge in [-0.05, 0) is 45.2 Å². The van der Waals surface area contributed by atoms with E-state index in [2.05, 4.69) is 23.3 Å². The Morgan fingerprint density at radius 3 is 2.81 bits per heavy atom. The Hall–Kier alpha value is -1.29. The molecule has 1 aromatic heterocycles. The summed E-state index contributed by atoms with van der Waals surface area (Å²) in [4.78, 5) is 4.33. The molecule has 1 spiro atoms. The van der Waals surface area contributed by atoms with Crippen LogP contribution >= 0.6 is 0 Å². The molecule has 2 aliphatic carbocycles. The molecule has 4 nitrogen and oxygen atoms in total. The van der Waals surface area contributed by atoms with Gasteiger partial charge in [-0.1, -0.05) is 12.8 Å². The van der Waals surface area contributed by atoms with E-state index in [0.29, 0.717) is 30.0 Å². The summed E-state index contributed by atoms with van der Waals surface area (Å²) in [5.74, 6) is 0.716. The molecular weight excluding hydrogens is 264 g/mol. The number of pyridine rings is 1. The lowest BCUT2D eigenvalue weighted by Gasteiger charge is -2.54. The highest BCUT2D eigenvalue weighted by atomic mass is 16.5. The average Bonchev–Trinajstić information content (AvgIpc) is 3.01. The van der Waals surface area contributed by atoms with E-state index in [-0.39, 0.29) is 0 Å². The monoisotopic (exact) mass is 290 g/mol. The zero-order valence-electron chi connectivity index (χ0n) is 13.1. The molecule has 0 amide bonds. The lowest BCUT2D eigenvalue weighted by atomic mass is 9.60. The van der Waals surface area contributed by atoms with Gasteiger partial charge in [-0.3, -0.25) is 0 Å². The Morgan fingerprint density at radius 2 is 2.10 bits per heavy atom. The van der Waals surface area contributed by atoms with Crippen molar-refractivity contribution in [2.24, 2.45) is 5.41 Å². The van der Waals surface area contributed by atoms with Crippen molar-refractivity contribution in [2.75, 3.05) is 18.5 Å². The molecule has 21 heavy (non-hydrogen) atoms. The van der Waals surface area contributed by atoms with Crippen molar-refractivity contribution < 1.29 is 9.47 Å². The second-order valence-corrected chi connectivity index (χ2v) is 6.11. The number of nitrogens with one attached hydrogen (secondary N) is 1. The molecule has 0 aromatic carbocycles. The summed E-state index contributed by atoms with van der Waals surface area (Å²) in [5, 5.41) is 3.69. The summed E-state index contributed by atoms with van der Waals surface area (Å²) >= 11 is 0. The fourth-order valence-corrected chi connectivity index (χ4v) is 4.03. The van der Waals surface area contributed by atoms with Crippen LogP contribution in [-0.4, -0.2) is 30.3 Å². The molecular formula is C17H26N2O2. The summed E-state index contributed by atoms with van der Waals surface area (Å²) in [6, 6.07) is 4.51. The number of hydrogen-bond acceptors (Lipinski definition) is 4. The Bertz CT molecular complexity index is 472. The number of rotatable bonds is 6. The van der Waals surface area contributed by atoms with Crippen LogP contribution in [0.2, 0.25) is 0 Å². The minimum Gasteiger partial charge on any atom is -0.476 e. The molecule has 0 bridgehead atoms. The average molecular weight is 290 g/mol. The Morgan fingerprint density at radius 1 is 1.29 bits per heavy atom. The molecule has 4 heteroatoms. The van der Waals surface area contributed by atoms with E-state index >= 15 is 0 Å². The zero-order valence-corrected chi connectivity index (χ0v) is 13.1. The van der Waals surface area contributed by atoms with Crippen LogP contribution in [-0.2, 0) is 4.74 Å². The molecule has 2 aliphatic rings. The molecule has 0 aliphatic heterocycles. The number of ether oxygens (including phenoxy) is 2. The number of anilines is 1. The van der Waals surface area contributed by atoms with Gasteiger partial charge in [0, 0.05) is 24.3 Å². The third-order valence-electron chi connectivity index (χ3n) is 5.07. The van der Waals surface area contributed by atoms with Crippen LogP contribution in [0.1, 0.15) is 46.0 Å². The van der Waals surface area contributed by atoms with Crippen molar-refractivity contribution in [3.8, 4) is 5.88 Å². The maximum Gasteiger partial charge on any atom is 0.237 e. The fourth-order valence-electron chi connectivity index (χ4n) is 4.03. The Balaban J connectivity index is 1.73. The molecule has 116 valence electrons. The first kappa shape index (κ1) is 14.6. The summed E-state index contributed by atoms with van der Waals surface area (Å²) in [5.41, 5.74) is 1.35. The smallest absolute Gasteiger partial charge is 0.237 e. The lowest BCUT2D eigenvalue weighted by Crippen LogP contribution is -2.60. The van der Waals surface area contributed by atoms with E-state index in [9.17, 15) is 0 Å². The summed E-state index contributed by atoms with van der Waals surface area (Å²) in [6.07, 6.45) is 8.51. The molecule has 1 heterocycles. The van der Waals surface area contributed by atoms with E-state index in [0.717, 1.165) is 18.7 Å². The van der Waals surface area contributed by atoms with E-state index < -0.39 is 0 Å². The van der Waals surface area contributed by atoms with E-state index in [1.54, 1.807) is 6.20 Å². The van der Waals surface area contributed by atoms with Crippen LogP contribution in [0.3, 0.4) is 0 Å². The lowest BCUT2D eigenvalue weighted by molar-refractivity contribution is -0.114. The van der Waals surface area contributed by atoms with Gasteiger partial charge in [-0.15, -0.1) is 0 Å². The van der Waals surface area contributed by atoms with Gasteiger partial charge in [-0.25, -0.2) is 4.98 Å². The normalized spacial score (nSPS) is 26.6. The van der Waals surface area contributed by atoms with Gasteiger partial charge >= 0.3 is 0 Å². The Kier molecular flexibility index (Phi) is 4.34. The van der Waals surface area contributed by atoms with Crippen LogP contribution in [0.4, 0.5) is 5.69 Å². The summed E-state index contributed by atoms with van der Waals surface area (Å²) in [6.45, 7) is 5.54.